The summed E-state index contributed by atoms with van der Waals surface area (Å²) in [6.45, 7) is 2.69. The minimum atomic E-state index is -0.639. The molecule has 1 fully saturated rings. The number of ether oxygens (including phenoxy) is 1. The summed E-state index contributed by atoms with van der Waals surface area (Å²) in [5.41, 5.74) is 6.93. The molecule has 1 saturated carbocycles. The van der Waals surface area contributed by atoms with Crippen molar-refractivity contribution < 1.29 is 9.53 Å². The number of hydrogen-bond acceptors (Lipinski definition) is 7. The molecule has 0 saturated heterocycles. The van der Waals surface area contributed by atoms with Gasteiger partial charge in [0, 0.05) is 32.2 Å². The fraction of sp³-hybridized carbons (Fsp3) is 0.440. The molecule has 36 heavy (non-hydrogen) atoms. The highest BCUT2D eigenvalue weighted by atomic mass is 16.5. The molecule has 3 aromatic rings. The SMILES string of the molecule is CCCCn1c(N)c(N(CCOC)CC(=O)Nc2cc(C3CC3)nn2-c2ccccc2)c(=O)[nH]c1=O. The molecule has 2 heterocycles. The topological polar surface area (TPSA) is 140 Å². The highest BCUT2D eigenvalue weighted by Gasteiger charge is 2.28. The molecule has 0 unspecified atom stereocenters. The van der Waals surface area contributed by atoms with Crippen molar-refractivity contribution in [3.8, 4) is 5.69 Å². The minimum absolute atomic E-state index is 0.0338. The van der Waals surface area contributed by atoms with Gasteiger partial charge in [0.2, 0.25) is 5.91 Å². The van der Waals surface area contributed by atoms with Gasteiger partial charge in [-0.15, -0.1) is 0 Å². The van der Waals surface area contributed by atoms with E-state index >= 15 is 0 Å². The Morgan fingerprint density at radius 2 is 2.03 bits per heavy atom. The Bertz CT molecular complexity index is 1310. The molecule has 1 amide bonds. The molecule has 2 aromatic heterocycles. The van der Waals surface area contributed by atoms with Crippen molar-refractivity contribution in [3.05, 3.63) is 62.9 Å². The lowest BCUT2D eigenvalue weighted by Gasteiger charge is -2.25. The van der Waals surface area contributed by atoms with Crippen LogP contribution in [0.1, 0.15) is 44.2 Å². The number of carbonyl (C=O) groups excluding carboxylic acids is 1. The van der Waals surface area contributed by atoms with Crippen molar-refractivity contribution in [1.29, 1.82) is 0 Å². The summed E-state index contributed by atoms with van der Waals surface area (Å²) in [5, 5.41) is 7.66. The summed E-state index contributed by atoms with van der Waals surface area (Å²) in [6, 6.07) is 11.5. The van der Waals surface area contributed by atoms with E-state index in [9.17, 15) is 14.4 Å². The number of carbonyl (C=O) groups is 1. The van der Waals surface area contributed by atoms with Crippen molar-refractivity contribution in [2.24, 2.45) is 0 Å². The van der Waals surface area contributed by atoms with Gasteiger partial charge in [-0.05, 0) is 31.4 Å². The van der Waals surface area contributed by atoms with E-state index in [4.69, 9.17) is 15.6 Å². The Balaban J connectivity index is 1.61. The number of aromatic nitrogens is 4. The molecular formula is C25H33N7O4. The Morgan fingerprint density at radius 3 is 2.69 bits per heavy atom. The molecule has 0 aliphatic heterocycles. The molecule has 0 spiro atoms. The zero-order valence-corrected chi connectivity index (χ0v) is 20.7. The monoisotopic (exact) mass is 495 g/mol. The first-order valence-corrected chi connectivity index (χ1v) is 12.2. The molecule has 11 heteroatoms. The largest absolute Gasteiger partial charge is 0.383 e. The lowest BCUT2D eigenvalue weighted by molar-refractivity contribution is -0.115. The molecule has 11 nitrogen and oxygen atoms in total. The Hall–Kier alpha value is -3.86. The minimum Gasteiger partial charge on any atom is -0.383 e. The van der Waals surface area contributed by atoms with E-state index in [0.29, 0.717) is 18.3 Å². The number of nitrogens with one attached hydrogen (secondary N) is 2. The molecule has 0 atom stereocenters. The first kappa shape index (κ1) is 25.2. The lowest BCUT2D eigenvalue weighted by Crippen LogP contribution is -2.43. The van der Waals surface area contributed by atoms with E-state index in [1.807, 2.05) is 43.3 Å². The maximum Gasteiger partial charge on any atom is 0.330 e. The van der Waals surface area contributed by atoms with Gasteiger partial charge in [0.05, 0.1) is 24.5 Å². The number of rotatable bonds is 12. The number of para-hydroxylation sites is 1. The second-order valence-corrected chi connectivity index (χ2v) is 8.94. The zero-order chi connectivity index (χ0) is 25.7. The van der Waals surface area contributed by atoms with Gasteiger partial charge < -0.3 is 20.7 Å². The van der Waals surface area contributed by atoms with E-state index in [0.717, 1.165) is 37.1 Å². The molecule has 4 N–H and O–H groups in total. The highest BCUT2D eigenvalue weighted by Crippen LogP contribution is 2.40. The molecule has 1 aromatic carbocycles. The second-order valence-electron chi connectivity index (χ2n) is 8.94. The van der Waals surface area contributed by atoms with Gasteiger partial charge in [0.15, 0.2) is 0 Å². The molecule has 1 aliphatic carbocycles. The van der Waals surface area contributed by atoms with Crippen molar-refractivity contribution in [2.75, 3.05) is 42.8 Å². The number of hydrogen-bond donors (Lipinski definition) is 3. The van der Waals surface area contributed by atoms with E-state index in [-0.39, 0.29) is 37.1 Å². The van der Waals surface area contributed by atoms with E-state index in [2.05, 4.69) is 10.3 Å². The van der Waals surface area contributed by atoms with Gasteiger partial charge in [-0.25, -0.2) is 9.48 Å². The van der Waals surface area contributed by atoms with Crippen LogP contribution in [0.3, 0.4) is 0 Å². The van der Waals surface area contributed by atoms with Crippen LogP contribution in [0.25, 0.3) is 5.69 Å². The predicted molar refractivity (Wildman–Crippen MR) is 139 cm³/mol. The number of anilines is 3. The maximum absolute atomic E-state index is 13.2. The number of amides is 1. The van der Waals surface area contributed by atoms with Crippen LogP contribution in [0.5, 0.6) is 0 Å². The van der Waals surface area contributed by atoms with Crippen LogP contribution < -0.4 is 27.2 Å². The Kier molecular flexibility index (Phi) is 7.89. The molecular weight excluding hydrogens is 462 g/mol. The standard InChI is InChI=1S/C25H33N7O4/c1-3-4-12-31-23(26)22(24(34)28-25(31)35)30(13-14-36-2)16-21(33)27-20-15-19(17-10-11-17)29-32(20)18-8-6-5-7-9-18/h5-9,15,17H,3-4,10-14,16,26H2,1-2H3,(H,27,33)(H,28,34,35). The normalized spacial score (nSPS) is 13.1. The van der Waals surface area contributed by atoms with Gasteiger partial charge in [0.1, 0.15) is 17.3 Å². The van der Waals surface area contributed by atoms with Crippen LogP contribution in [0, 0.1) is 0 Å². The number of unbranched alkanes of at least 4 members (excludes halogenated alkanes) is 1. The van der Waals surface area contributed by atoms with Crippen molar-refractivity contribution >= 4 is 23.2 Å². The van der Waals surface area contributed by atoms with E-state index in [1.54, 1.807) is 9.58 Å². The number of aromatic amines is 1. The van der Waals surface area contributed by atoms with Gasteiger partial charge in [0.25, 0.3) is 5.56 Å². The third-order valence-corrected chi connectivity index (χ3v) is 6.16. The summed E-state index contributed by atoms with van der Waals surface area (Å²) >= 11 is 0. The van der Waals surface area contributed by atoms with Gasteiger partial charge in [-0.3, -0.25) is 19.1 Å². The number of nitrogens with two attached hydrogens (primary N) is 1. The van der Waals surface area contributed by atoms with Gasteiger partial charge >= 0.3 is 5.69 Å². The Labute approximate surface area is 208 Å². The number of H-pyrrole nitrogens is 1. The average Bonchev–Trinajstić information content (AvgIpc) is 3.63. The van der Waals surface area contributed by atoms with Crippen LogP contribution in [-0.4, -0.2) is 52.0 Å². The van der Waals surface area contributed by atoms with Crippen LogP contribution in [0.2, 0.25) is 0 Å². The summed E-state index contributed by atoms with van der Waals surface area (Å²) < 4.78 is 8.25. The predicted octanol–water partition coefficient (Wildman–Crippen LogP) is 2.07. The fourth-order valence-corrected chi connectivity index (χ4v) is 4.08. The maximum atomic E-state index is 13.2. The third-order valence-electron chi connectivity index (χ3n) is 6.16. The molecule has 192 valence electrons. The van der Waals surface area contributed by atoms with E-state index < -0.39 is 11.2 Å². The third kappa shape index (κ3) is 5.68. The first-order chi connectivity index (χ1) is 17.4. The zero-order valence-electron chi connectivity index (χ0n) is 20.7. The quantitative estimate of drug-likeness (QED) is 0.349. The van der Waals surface area contributed by atoms with Crippen LogP contribution >= 0.6 is 0 Å². The summed E-state index contributed by atoms with van der Waals surface area (Å²) in [5.74, 6) is 0.642. The van der Waals surface area contributed by atoms with Gasteiger partial charge in [-0.2, -0.15) is 5.10 Å². The van der Waals surface area contributed by atoms with Gasteiger partial charge in [-0.1, -0.05) is 31.5 Å². The lowest BCUT2D eigenvalue weighted by atomic mass is 10.3. The number of nitrogens with zero attached hydrogens (tertiary/aromatic N) is 4. The molecule has 0 bridgehead atoms. The fourth-order valence-electron chi connectivity index (χ4n) is 4.08. The summed E-state index contributed by atoms with van der Waals surface area (Å²) in [7, 11) is 1.53. The molecule has 0 radical (unpaired) electrons. The number of methoxy groups -OCH3 is 1. The highest BCUT2D eigenvalue weighted by molar-refractivity contribution is 5.94. The molecule has 1 aliphatic rings. The van der Waals surface area contributed by atoms with Crippen molar-refractivity contribution in [1.82, 2.24) is 19.3 Å². The van der Waals surface area contributed by atoms with Crippen molar-refractivity contribution in [2.45, 2.75) is 45.1 Å². The second kappa shape index (κ2) is 11.3. The van der Waals surface area contributed by atoms with Crippen LogP contribution in [-0.2, 0) is 16.1 Å². The van der Waals surface area contributed by atoms with Crippen molar-refractivity contribution in [3.63, 3.8) is 0 Å². The average molecular weight is 496 g/mol. The smallest absolute Gasteiger partial charge is 0.330 e. The summed E-state index contributed by atoms with van der Waals surface area (Å²) in [6.07, 6.45) is 3.74. The summed E-state index contributed by atoms with van der Waals surface area (Å²) in [4.78, 5) is 42.2. The van der Waals surface area contributed by atoms with Crippen LogP contribution in [0.4, 0.5) is 17.3 Å². The number of benzene rings is 1. The van der Waals surface area contributed by atoms with E-state index in [1.165, 1.54) is 11.7 Å². The Morgan fingerprint density at radius 1 is 1.28 bits per heavy atom. The number of nitrogen functional groups attached to an aromatic ring is 1. The van der Waals surface area contributed by atoms with Crippen LogP contribution in [0.15, 0.2) is 46.0 Å². The first-order valence-electron chi connectivity index (χ1n) is 12.2. The molecule has 4 rings (SSSR count).